The number of hydrogen-bond acceptors (Lipinski definition) is 2. The summed E-state index contributed by atoms with van der Waals surface area (Å²) in [7, 11) is 0. The number of nitrogens with one attached hydrogen (secondary N) is 2. The van der Waals surface area contributed by atoms with Crippen molar-refractivity contribution in [1.82, 2.24) is 10.6 Å². The number of allylic oxidation sites excluding steroid dienone is 1. The monoisotopic (exact) mass is 188 g/mol. The minimum atomic E-state index is 0.890. The van der Waals surface area contributed by atoms with Crippen molar-refractivity contribution >= 4 is 0 Å². The molecule has 0 spiro atoms. The van der Waals surface area contributed by atoms with Crippen molar-refractivity contribution in [2.24, 2.45) is 0 Å². The van der Waals surface area contributed by atoms with E-state index in [9.17, 15) is 0 Å². The highest BCUT2D eigenvalue weighted by atomic mass is 15.1. The summed E-state index contributed by atoms with van der Waals surface area (Å²) in [6.07, 6.45) is 5.59. The number of hydrogen-bond donors (Lipinski definition) is 2. The highest BCUT2D eigenvalue weighted by Gasteiger charge is 2.01. The van der Waals surface area contributed by atoms with Gasteiger partial charge in [0.05, 0.1) is 6.67 Å². The minimum absolute atomic E-state index is 0.890. The Labute approximate surface area is 85.0 Å². The Morgan fingerprint density at radius 1 is 1.07 bits per heavy atom. The first kappa shape index (κ1) is 9.13. The summed E-state index contributed by atoms with van der Waals surface area (Å²) >= 11 is 0. The van der Waals surface area contributed by atoms with Crippen LogP contribution < -0.4 is 10.6 Å². The van der Waals surface area contributed by atoms with Gasteiger partial charge < -0.3 is 10.6 Å². The zero-order chi connectivity index (χ0) is 9.64. The number of rotatable bonds is 4. The fourth-order valence-electron chi connectivity index (χ4n) is 1.68. The molecule has 0 saturated heterocycles. The summed E-state index contributed by atoms with van der Waals surface area (Å²) in [6.45, 7) is 0.890. The van der Waals surface area contributed by atoms with Crippen molar-refractivity contribution in [2.45, 2.75) is 19.3 Å². The van der Waals surface area contributed by atoms with Crippen molar-refractivity contribution in [1.29, 1.82) is 0 Å². The van der Waals surface area contributed by atoms with Crippen LogP contribution in [-0.2, 0) is 6.42 Å². The second-order valence-corrected chi connectivity index (χ2v) is 3.57. The first-order valence-corrected chi connectivity index (χ1v) is 5.15. The molecule has 1 aromatic carbocycles. The van der Waals surface area contributed by atoms with E-state index in [1.807, 2.05) is 0 Å². The molecule has 0 radical (unpaired) electrons. The SMILES string of the molecule is C1=C(CCCc2ccccc2)NCN1. The Kier molecular flexibility index (Phi) is 3.06. The third-order valence-electron chi connectivity index (χ3n) is 2.45. The van der Waals surface area contributed by atoms with Gasteiger partial charge in [0.1, 0.15) is 0 Å². The first-order valence-electron chi connectivity index (χ1n) is 5.15. The molecule has 2 nitrogen and oxygen atoms in total. The van der Waals surface area contributed by atoms with Crippen LogP contribution in [0.3, 0.4) is 0 Å². The van der Waals surface area contributed by atoms with Crippen LogP contribution in [0.25, 0.3) is 0 Å². The molecule has 2 heteroatoms. The van der Waals surface area contributed by atoms with Gasteiger partial charge in [-0.1, -0.05) is 30.3 Å². The Morgan fingerprint density at radius 3 is 2.64 bits per heavy atom. The highest BCUT2D eigenvalue weighted by molar-refractivity contribution is 5.15. The molecule has 0 fully saturated rings. The normalized spacial score (nSPS) is 14.4. The van der Waals surface area contributed by atoms with Crippen LogP contribution in [0.5, 0.6) is 0 Å². The predicted octanol–water partition coefficient (Wildman–Crippen LogP) is 2.00. The molecule has 2 N–H and O–H groups in total. The molecule has 0 amide bonds. The van der Waals surface area contributed by atoms with Crippen molar-refractivity contribution in [3.63, 3.8) is 0 Å². The van der Waals surface area contributed by atoms with Crippen LogP contribution in [0.15, 0.2) is 42.2 Å². The van der Waals surface area contributed by atoms with Gasteiger partial charge in [-0.3, -0.25) is 0 Å². The molecule has 14 heavy (non-hydrogen) atoms. The van der Waals surface area contributed by atoms with Gasteiger partial charge in [-0.15, -0.1) is 0 Å². The Bertz CT molecular complexity index is 303. The lowest BCUT2D eigenvalue weighted by molar-refractivity contribution is 0.736. The molecular weight excluding hydrogens is 172 g/mol. The molecule has 2 rings (SSSR count). The van der Waals surface area contributed by atoms with E-state index < -0.39 is 0 Å². The van der Waals surface area contributed by atoms with Gasteiger partial charge in [-0.05, 0) is 24.8 Å². The molecular formula is C12H16N2. The largest absolute Gasteiger partial charge is 0.372 e. The van der Waals surface area contributed by atoms with E-state index in [1.165, 1.54) is 24.1 Å². The topological polar surface area (TPSA) is 24.1 Å². The summed E-state index contributed by atoms with van der Waals surface area (Å²) < 4.78 is 0. The van der Waals surface area contributed by atoms with Gasteiger partial charge >= 0.3 is 0 Å². The van der Waals surface area contributed by atoms with Crippen LogP contribution in [0.1, 0.15) is 18.4 Å². The maximum atomic E-state index is 3.29. The lowest BCUT2D eigenvalue weighted by Gasteiger charge is -2.02. The van der Waals surface area contributed by atoms with E-state index in [0.717, 1.165) is 13.1 Å². The summed E-state index contributed by atoms with van der Waals surface area (Å²) in [5.74, 6) is 0. The third kappa shape index (κ3) is 2.52. The van der Waals surface area contributed by atoms with Crippen molar-refractivity contribution in [3.05, 3.63) is 47.8 Å². The first-order chi connectivity index (χ1) is 6.95. The van der Waals surface area contributed by atoms with Crippen molar-refractivity contribution < 1.29 is 0 Å². The summed E-state index contributed by atoms with van der Waals surface area (Å²) in [5, 5.41) is 6.44. The van der Waals surface area contributed by atoms with Gasteiger partial charge in [0.2, 0.25) is 0 Å². The third-order valence-corrected chi connectivity index (χ3v) is 2.45. The molecule has 0 aliphatic carbocycles. The van der Waals surface area contributed by atoms with Gasteiger partial charge in [0.15, 0.2) is 0 Å². The summed E-state index contributed by atoms with van der Waals surface area (Å²) in [6, 6.07) is 10.6. The minimum Gasteiger partial charge on any atom is -0.372 e. The molecule has 1 aliphatic heterocycles. The number of benzene rings is 1. The zero-order valence-electron chi connectivity index (χ0n) is 8.29. The maximum absolute atomic E-state index is 3.29. The molecule has 0 unspecified atom stereocenters. The van der Waals surface area contributed by atoms with Crippen molar-refractivity contribution in [3.8, 4) is 0 Å². The molecule has 1 aliphatic rings. The van der Waals surface area contributed by atoms with Crippen LogP contribution in [0.4, 0.5) is 0 Å². The van der Waals surface area contributed by atoms with Crippen LogP contribution in [-0.4, -0.2) is 6.67 Å². The molecule has 0 saturated carbocycles. The summed E-state index contributed by atoms with van der Waals surface area (Å²) in [5.41, 5.74) is 2.76. The quantitative estimate of drug-likeness (QED) is 0.755. The average Bonchev–Trinajstić information content (AvgIpc) is 2.72. The molecule has 0 atom stereocenters. The standard InChI is InChI=1S/C12H16N2/c1-2-5-11(6-3-1)7-4-8-12-9-13-10-14-12/h1-3,5-6,9,13-14H,4,7-8,10H2. The highest BCUT2D eigenvalue weighted by Crippen LogP contribution is 2.08. The second-order valence-electron chi connectivity index (χ2n) is 3.57. The Morgan fingerprint density at radius 2 is 1.93 bits per heavy atom. The van der Waals surface area contributed by atoms with Gasteiger partial charge in [0.25, 0.3) is 0 Å². The van der Waals surface area contributed by atoms with Gasteiger partial charge in [-0.25, -0.2) is 0 Å². The van der Waals surface area contributed by atoms with E-state index in [-0.39, 0.29) is 0 Å². The zero-order valence-corrected chi connectivity index (χ0v) is 8.29. The van der Waals surface area contributed by atoms with Crippen LogP contribution in [0, 0.1) is 0 Å². The Hall–Kier alpha value is -1.44. The van der Waals surface area contributed by atoms with Crippen LogP contribution >= 0.6 is 0 Å². The van der Waals surface area contributed by atoms with E-state index in [4.69, 9.17) is 0 Å². The Balaban J connectivity index is 1.73. The smallest absolute Gasteiger partial charge is 0.0843 e. The van der Waals surface area contributed by atoms with Gasteiger partial charge in [0, 0.05) is 11.9 Å². The molecule has 1 heterocycles. The van der Waals surface area contributed by atoms with Crippen molar-refractivity contribution in [2.75, 3.05) is 6.67 Å². The number of aryl methyl sites for hydroxylation is 1. The van der Waals surface area contributed by atoms with E-state index in [2.05, 4.69) is 47.2 Å². The average molecular weight is 188 g/mol. The lowest BCUT2D eigenvalue weighted by Crippen LogP contribution is -2.14. The summed E-state index contributed by atoms with van der Waals surface area (Å²) in [4.78, 5) is 0. The molecule has 1 aromatic rings. The van der Waals surface area contributed by atoms with Gasteiger partial charge in [-0.2, -0.15) is 0 Å². The fourth-order valence-corrected chi connectivity index (χ4v) is 1.68. The van der Waals surface area contributed by atoms with E-state index >= 15 is 0 Å². The maximum Gasteiger partial charge on any atom is 0.0843 e. The van der Waals surface area contributed by atoms with E-state index in [1.54, 1.807) is 0 Å². The second kappa shape index (κ2) is 4.70. The fraction of sp³-hybridized carbons (Fsp3) is 0.333. The van der Waals surface area contributed by atoms with Crippen LogP contribution in [0.2, 0.25) is 0 Å². The molecule has 0 bridgehead atoms. The molecule has 0 aromatic heterocycles. The predicted molar refractivity (Wildman–Crippen MR) is 58.6 cm³/mol. The van der Waals surface area contributed by atoms with E-state index in [0.29, 0.717) is 0 Å². The lowest BCUT2D eigenvalue weighted by atomic mass is 10.1. The molecule has 74 valence electrons.